The first-order chi connectivity index (χ1) is 8.11. The molecular formula is C12H11NO4. The van der Waals surface area contributed by atoms with Crippen LogP contribution in [-0.4, -0.2) is 28.7 Å². The molecule has 0 aliphatic rings. The van der Waals surface area contributed by atoms with E-state index in [0.717, 1.165) is 5.39 Å². The molecule has 88 valence electrons. The van der Waals surface area contributed by atoms with Gasteiger partial charge in [0.15, 0.2) is 0 Å². The minimum Gasteiger partial charge on any atom is -0.480 e. The first-order valence-corrected chi connectivity index (χ1v) is 5.01. The van der Waals surface area contributed by atoms with E-state index in [4.69, 9.17) is 5.11 Å². The van der Waals surface area contributed by atoms with Crippen LogP contribution >= 0.6 is 0 Å². The number of carboxylic acids is 1. The third kappa shape index (κ3) is 2.13. The van der Waals surface area contributed by atoms with Gasteiger partial charge in [0.1, 0.15) is 6.54 Å². The molecule has 1 aromatic carbocycles. The maximum atomic E-state index is 11.4. The summed E-state index contributed by atoms with van der Waals surface area (Å²) in [6.45, 7) is -0.131. The molecule has 0 fully saturated rings. The van der Waals surface area contributed by atoms with E-state index in [0.29, 0.717) is 11.1 Å². The number of carboxylic acid groups (broad SMARTS) is 1. The van der Waals surface area contributed by atoms with Crippen LogP contribution in [0.5, 0.6) is 0 Å². The normalized spacial score (nSPS) is 10.4. The molecule has 1 aromatic heterocycles. The second-order valence-electron chi connectivity index (χ2n) is 3.60. The molecule has 5 nitrogen and oxygen atoms in total. The highest BCUT2D eigenvalue weighted by Gasteiger charge is 2.09. The number of esters is 1. The van der Waals surface area contributed by atoms with Gasteiger partial charge < -0.3 is 14.4 Å². The van der Waals surface area contributed by atoms with Gasteiger partial charge in [-0.2, -0.15) is 0 Å². The van der Waals surface area contributed by atoms with Crippen molar-refractivity contribution in [2.24, 2.45) is 0 Å². The van der Waals surface area contributed by atoms with E-state index >= 15 is 0 Å². The summed E-state index contributed by atoms with van der Waals surface area (Å²) in [6, 6.07) is 6.85. The molecule has 0 saturated heterocycles. The fourth-order valence-corrected chi connectivity index (χ4v) is 1.71. The number of nitrogens with zero attached hydrogens (tertiary/aromatic N) is 1. The highest BCUT2D eigenvalue weighted by Crippen LogP contribution is 2.18. The van der Waals surface area contributed by atoms with Crippen LogP contribution in [0.25, 0.3) is 10.9 Å². The number of ether oxygens (including phenoxy) is 1. The van der Waals surface area contributed by atoms with Crippen molar-refractivity contribution in [3.63, 3.8) is 0 Å². The van der Waals surface area contributed by atoms with Crippen molar-refractivity contribution in [1.82, 2.24) is 4.57 Å². The molecule has 1 heterocycles. The number of aliphatic carboxylic acids is 1. The summed E-state index contributed by atoms with van der Waals surface area (Å²) in [5.41, 5.74) is 1.11. The van der Waals surface area contributed by atoms with Crippen molar-refractivity contribution in [2.75, 3.05) is 7.11 Å². The molecule has 5 heteroatoms. The Morgan fingerprint density at radius 3 is 2.76 bits per heavy atom. The minimum atomic E-state index is -0.925. The predicted molar refractivity (Wildman–Crippen MR) is 60.9 cm³/mol. The van der Waals surface area contributed by atoms with Crippen LogP contribution in [0.4, 0.5) is 0 Å². The van der Waals surface area contributed by atoms with E-state index in [1.54, 1.807) is 35.0 Å². The third-order valence-corrected chi connectivity index (χ3v) is 2.50. The standard InChI is InChI=1S/C12H11NO4/c1-17-12(16)9-3-2-8-4-5-13(7-11(14)15)10(8)6-9/h2-6H,7H2,1H3,(H,14,15). The van der Waals surface area contributed by atoms with Crippen molar-refractivity contribution >= 4 is 22.8 Å². The van der Waals surface area contributed by atoms with E-state index in [2.05, 4.69) is 4.74 Å². The zero-order chi connectivity index (χ0) is 12.4. The summed E-state index contributed by atoms with van der Waals surface area (Å²) < 4.78 is 6.19. The average molecular weight is 233 g/mol. The lowest BCUT2D eigenvalue weighted by Gasteiger charge is -2.03. The summed E-state index contributed by atoms with van der Waals surface area (Å²) in [4.78, 5) is 22.0. The van der Waals surface area contributed by atoms with Crippen LogP contribution in [0.1, 0.15) is 10.4 Å². The fraction of sp³-hybridized carbons (Fsp3) is 0.167. The third-order valence-electron chi connectivity index (χ3n) is 2.50. The lowest BCUT2D eigenvalue weighted by molar-refractivity contribution is -0.137. The molecule has 0 saturated carbocycles. The molecule has 2 rings (SSSR count). The molecule has 17 heavy (non-hydrogen) atoms. The van der Waals surface area contributed by atoms with E-state index in [9.17, 15) is 9.59 Å². The van der Waals surface area contributed by atoms with Gasteiger partial charge in [0.25, 0.3) is 0 Å². The fourth-order valence-electron chi connectivity index (χ4n) is 1.71. The largest absolute Gasteiger partial charge is 0.480 e. The second kappa shape index (κ2) is 4.29. The van der Waals surface area contributed by atoms with Crippen molar-refractivity contribution in [2.45, 2.75) is 6.54 Å². The van der Waals surface area contributed by atoms with Crippen LogP contribution in [0.3, 0.4) is 0 Å². The number of hydrogen-bond donors (Lipinski definition) is 1. The average Bonchev–Trinajstić information content (AvgIpc) is 2.70. The monoisotopic (exact) mass is 233 g/mol. The SMILES string of the molecule is COC(=O)c1ccc2ccn(CC(=O)O)c2c1. The van der Waals surface area contributed by atoms with Crippen molar-refractivity contribution < 1.29 is 19.4 Å². The quantitative estimate of drug-likeness (QED) is 0.816. The smallest absolute Gasteiger partial charge is 0.337 e. The van der Waals surface area contributed by atoms with Gasteiger partial charge in [-0.1, -0.05) is 6.07 Å². The van der Waals surface area contributed by atoms with Gasteiger partial charge in [0.05, 0.1) is 12.7 Å². The van der Waals surface area contributed by atoms with Crippen LogP contribution < -0.4 is 0 Å². The van der Waals surface area contributed by atoms with Gasteiger partial charge >= 0.3 is 11.9 Å². The van der Waals surface area contributed by atoms with Gasteiger partial charge in [0.2, 0.25) is 0 Å². The number of carbonyl (C=O) groups is 2. The maximum Gasteiger partial charge on any atom is 0.337 e. The van der Waals surface area contributed by atoms with Gasteiger partial charge in [-0.15, -0.1) is 0 Å². The van der Waals surface area contributed by atoms with E-state index in [1.807, 2.05) is 0 Å². The molecule has 0 aliphatic carbocycles. The second-order valence-corrected chi connectivity index (χ2v) is 3.60. The Bertz CT molecular complexity index is 585. The number of rotatable bonds is 3. The predicted octanol–water partition coefficient (Wildman–Crippen LogP) is 1.51. The molecule has 1 N–H and O–H groups in total. The minimum absolute atomic E-state index is 0.131. The molecular weight excluding hydrogens is 222 g/mol. The van der Waals surface area contributed by atoms with Crippen molar-refractivity contribution in [3.8, 4) is 0 Å². The summed E-state index contributed by atoms with van der Waals surface area (Å²) in [5.74, 6) is -1.36. The Morgan fingerprint density at radius 1 is 1.35 bits per heavy atom. The summed E-state index contributed by atoms with van der Waals surface area (Å²) >= 11 is 0. The number of methoxy groups -OCH3 is 1. The highest BCUT2D eigenvalue weighted by atomic mass is 16.5. The molecule has 0 atom stereocenters. The summed E-state index contributed by atoms with van der Waals surface area (Å²) in [6.07, 6.45) is 1.68. The van der Waals surface area contributed by atoms with Gasteiger partial charge in [-0.3, -0.25) is 4.79 Å². The summed E-state index contributed by atoms with van der Waals surface area (Å²) in [5, 5.41) is 9.64. The van der Waals surface area contributed by atoms with E-state index in [-0.39, 0.29) is 6.54 Å². The Morgan fingerprint density at radius 2 is 2.12 bits per heavy atom. The summed E-state index contributed by atoms with van der Waals surface area (Å²) in [7, 11) is 1.31. The number of benzene rings is 1. The molecule has 0 amide bonds. The highest BCUT2D eigenvalue weighted by molar-refractivity contribution is 5.94. The maximum absolute atomic E-state index is 11.4. The Labute approximate surface area is 97.2 Å². The van der Waals surface area contributed by atoms with Crippen LogP contribution in [0.2, 0.25) is 0 Å². The molecule has 0 unspecified atom stereocenters. The number of carbonyl (C=O) groups excluding carboxylic acids is 1. The first-order valence-electron chi connectivity index (χ1n) is 5.01. The Hall–Kier alpha value is -2.30. The Kier molecular flexibility index (Phi) is 2.82. The van der Waals surface area contributed by atoms with E-state index < -0.39 is 11.9 Å². The molecule has 0 spiro atoms. The molecule has 0 aliphatic heterocycles. The number of hydrogen-bond acceptors (Lipinski definition) is 3. The van der Waals surface area contributed by atoms with Crippen molar-refractivity contribution in [3.05, 3.63) is 36.0 Å². The first kappa shape index (κ1) is 11.2. The molecule has 0 radical (unpaired) electrons. The molecule has 0 bridgehead atoms. The zero-order valence-electron chi connectivity index (χ0n) is 9.21. The molecule has 2 aromatic rings. The van der Waals surface area contributed by atoms with Gasteiger partial charge in [-0.25, -0.2) is 4.79 Å². The number of aromatic nitrogens is 1. The number of fused-ring (bicyclic) bond motifs is 1. The van der Waals surface area contributed by atoms with Gasteiger partial charge in [-0.05, 0) is 23.6 Å². The zero-order valence-corrected chi connectivity index (χ0v) is 9.21. The lowest BCUT2D eigenvalue weighted by atomic mass is 10.1. The van der Waals surface area contributed by atoms with E-state index in [1.165, 1.54) is 7.11 Å². The van der Waals surface area contributed by atoms with Crippen LogP contribution in [0, 0.1) is 0 Å². The lowest BCUT2D eigenvalue weighted by Crippen LogP contribution is -2.08. The Balaban J connectivity index is 2.50. The van der Waals surface area contributed by atoms with Crippen LogP contribution in [-0.2, 0) is 16.1 Å². The van der Waals surface area contributed by atoms with Gasteiger partial charge in [0, 0.05) is 11.7 Å². The topological polar surface area (TPSA) is 68.5 Å². The van der Waals surface area contributed by atoms with Crippen molar-refractivity contribution in [1.29, 1.82) is 0 Å². The van der Waals surface area contributed by atoms with Crippen LogP contribution in [0.15, 0.2) is 30.5 Å².